The van der Waals surface area contributed by atoms with Crippen LogP contribution in [0, 0.1) is 11.8 Å². The number of hydrogen-bond acceptors (Lipinski definition) is 2. The summed E-state index contributed by atoms with van der Waals surface area (Å²) in [5.41, 5.74) is 6.20. The van der Waals surface area contributed by atoms with Crippen LogP contribution >= 0.6 is 0 Å². The van der Waals surface area contributed by atoms with Crippen LogP contribution in [0.4, 0.5) is 0 Å². The maximum Gasteiger partial charge on any atom is 0.227 e. The number of unbranched alkanes of at least 4 members (excludes halogenated alkanes) is 1. The lowest BCUT2D eigenvalue weighted by Gasteiger charge is -2.37. The minimum atomic E-state index is 0.0506. The Morgan fingerprint density at radius 2 is 2.05 bits per heavy atom. The van der Waals surface area contributed by atoms with Crippen molar-refractivity contribution in [3.63, 3.8) is 0 Å². The third-order valence-electron chi connectivity index (χ3n) is 4.64. The molecule has 0 heterocycles. The first kappa shape index (κ1) is 16.5. The zero-order valence-corrected chi connectivity index (χ0v) is 13.2. The first-order valence-electron chi connectivity index (χ1n) is 8.07. The van der Waals surface area contributed by atoms with Gasteiger partial charge in [-0.05, 0) is 44.9 Å². The number of amides is 1. The quantitative estimate of drug-likeness (QED) is 0.804. The second kappa shape index (κ2) is 7.88. The molecular weight excluding hydrogens is 236 g/mol. The molecule has 0 aliphatic heterocycles. The highest BCUT2D eigenvalue weighted by atomic mass is 16.2. The monoisotopic (exact) mass is 268 g/mol. The van der Waals surface area contributed by atoms with E-state index in [-0.39, 0.29) is 12.0 Å². The van der Waals surface area contributed by atoms with Gasteiger partial charge >= 0.3 is 0 Å². The molecule has 0 saturated heterocycles. The van der Waals surface area contributed by atoms with Gasteiger partial charge in [-0.25, -0.2) is 0 Å². The molecule has 4 unspecified atom stereocenters. The van der Waals surface area contributed by atoms with E-state index in [0.717, 1.165) is 38.6 Å². The number of nitrogens with zero attached hydrogens (tertiary/aromatic N) is 1. The number of hydrogen-bond donors (Lipinski definition) is 1. The zero-order valence-electron chi connectivity index (χ0n) is 13.2. The second-order valence-electron chi connectivity index (χ2n) is 6.33. The highest BCUT2D eigenvalue weighted by Crippen LogP contribution is 2.30. The van der Waals surface area contributed by atoms with Gasteiger partial charge in [-0.1, -0.05) is 27.2 Å². The summed E-state index contributed by atoms with van der Waals surface area (Å²) in [6.45, 7) is 9.62. The summed E-state index contributed by atoms with van der Waals surface area (Å²) in [5, 5.41) is 0. The van der Waals surface area contributed by atoms with Gasteiger partial charge in [0, 0.05) is 18.6 Å². The number of rotatable bonds is 6. The summed E-state index contributed by atoms with van der Waals surface area (Å²) >= 11 is 0. The molecule has 0 bridgehead atoms. The third-order valence-corrected chi connectivity index (χ3v) is 4.64. The molecular formula is C16H32N2O. The molecule has 0 aromatic rings. The van der Waals surface area contributed by atoms with Crippen molar-refractivity contribution < 1.29 is 4.79 Å². The van der Waals surface area contributed by atoms with Crippen molar-refractivity contribution in [1.82, 2.24) is 4.90 Å². The molecule has 112 valence electrons. The lowest BCUT2D eigenvalue weighted by molar-refractivity contribution is -0.140. The molecule has 2 N–H and O–H groups in total. The minimum absolute atomic E-state index is 0.0506. The average molecular weight is 268 g/mol. The smallest absolute Gasteiger partial charge is 0.227 e. The molecule has 0 radical (unpaired) electrons. The fourth-order valence-electron chi connectivity index (χ4n) is 3.00. The van der Waals surface area contributed by atoms with E-state index in [2.05, 4.69) is 32.6 Å². The SMILES string of the molecule is CCCCN(C(=O)C1CC(C)CCC1N)C(C)CC. The van der Waals surface area contributed by atoms with Crippen molar-refractivity contribution in [3.05, 3.63) is 0 Å². The van der Waals surface area contributed by atoms with Crippen molar-refractivity contribution in [2.24, 2.45) is 17.6 Å². The molecule has 3 nitrogen and oxygen atoms in total. The minimum Gasteiger partial charge on any atom is -0.340 e. The predicted octanol–water partition coefficient (Wildman–Crippen LogP) is 3.18. The van der Waals surface area contributed by atoms with Gasteiger partial charge in [0.2, 0.25) is 5.91 Å². The average Bonchev–Trinajstić information content (AvgIpc) is 2.41. The Labute approximate surface area is 118 Å². The molecule has 0 aromatic carbocycles. The summed E-state index contributed by atoms with van der Waals surface area (Å²) in [7, 11) is 0. The van der Waals surface area contributed by atoms with Gasteiger partial charge in [-0.3, -0.25) is 4.79 Å². The van der Waals surface area contributed by atoms with Crippen LogP contribution in [0.1, 0.15) is 66.2 Å². The van der Waals surface area contributed by atoms with Crippen LogP contribution in [0.5, 0.6) is 0 Å². The van der Waals surface area contributed by atoms with Crippen LogP contribution in [0.2, 0.25) is 0 Å². The van der Waals surface area contributed by atoms with Crippen LogP contribution in [-0.4, -0.2) is 29.4 Å². The van der Waals surface area contributed by atoms with E-state index in [1.165, 1.54) is 6.42 Å². The van der Waals surface area contributed by atoms with E-state index in [1.54, 1.807) is 0 Å². The van der Waals surface area contributed by atoms with Gasteiger partial charge in [-0.2, -0.15) is 0 Å². The highest BCUT2D eigenvalue weighted by molar-refractivity contribution is 5.80. The van der Waals surface area contributed by atoms with Crippen molar-refractivity contribution in [3.8, 4) is 0 Å². The van der Waals surface area contributed by atoms with Crippen molar-refractivity contribution in [2.75, 3.05) is 6.54 Å². The molecule has 4 atom stereocenters. The number of carbonyl (C=O) groups excluding carboxylic acids is 1. The lowest BCUT2D eigenvalue weighted by Crippen LogP contribution is -2.49. The first-order valence-corrected chi connectivity index (χ1v) is 8.07. The molecule has 1 aliphatic rings. The molecule has 1 saturated carbocycles. The molecule has 1 rings (SSSR count). The zero-order chi connectivity index (χ0) is 14.4. The van der Waals surface area contributed by atoms with Gasteiger partial charge in [0.25, 0.3) is 0 Å². The van der Waals surface area contributed by atoms with Crippen LogP contribution in [0.25, 0.3) is 0 Å². The largest absolute Gasteiger partial charge is 0.340 e. The van der Waals surface area contributed by atoms with Gasteiger partial charge in [0.05, 0.1) is 5.92 Å². The van der Waals surface area contributed by atoms with Gasteiger partial charge < -0.3 is 10.6 Å². The summed E-state index contributed by atoms with van der Waals surface area (Å²) in [6, 6.07) is 0.403. The fourth-order valence-corrected chi connectivity index (χ4v) is 3.00. The summed E-state index contributed by atoms with van der Waals surface area (Å²) in [4.78, 5) is 14.9. The Balaban J connectivity index is 2.73. The van der Waals surface area contributed by atoms with Crippen molar-refractivity contribution in [2.45, 2.75) is 78.3 Å². The summed E-state index contributed by atoms with van der Waals surface area (Å²) < 4.78 is 0. The fraction of sp³-hybridized carbons (Fsp3) is 0.938. The van der Waals surface area contributed by atoms with E-state index in [4.69, 9.17) is 5.73 Å². The van der Waals surface area contributed by atoms with Crippen LogP contribution < -0.4 is 5.73 Å². The number of carbonyl (C=O) groups is 1. The first-order chi connectivity index (χ1) is 9.01. The van der Waals surface area contributed by atoms with Gasteiger partial charge in [-0.15, -0.1) is 0 Å². The molecule has 1 fully saturated rings. The lowest BCUT2D eigenvalue weighted by atomic mass is 9.78. The second-order valence-corrected chi connectivity index (χ2v) is 6.33. The molecule has 0 aromatic heterocycles. The Kier molecular flexibility index (Phi) is 6.84. The van der Waals surface area contributed by atoms with Crippen LogP contribution in [0.15, 0.2) is 0 Å². The topological polar surface area (TPSA) is 46.3 Å². The van der Waals surface area contributed by atoms with E-state index in [0.29, 0.717) is 17.9 Å². The normalized spacial score (nSPS) is 29.0. The Bertz CT molecular complexity index is 280. The Morgan fingerprint density at radius 1 is 1.37 bits per heavy atom. The van der Waals surface area contributed by atoms with E-state index < -0.39 is 0 Å². The summed E-state index contributed by atoms with van der Waals surface area (Å²) in [5.74, 6) is 0.996. The maximum absolute atomic E-state index is 12.8. The van der Waals surface area contributed by atoms with E-state index in [9.17, 15) is 4.79 Å². The Hall–Kier alpha value is -0.570. The maximum atomic E-state index is 12.8. The molecule has 3 heteroatoms. The van der Waals surface area contributed by atoms with E-state index >= 15 is 0 Å². The molecule has 19 heavy (non-hydrogen) atoms. The molecule has 1 amide bonds. The van der Waals surface area contributed by atoms with Gasteiger partial charge in [0.15, 0.2) is 0 Å². The van der Waals surface area contributed by atoms with E-state index in [1.807, 2.05) is 0 Å². The standard InChI is InChI=1S/C16H32N2O/c1-5-7-10-18(13(4)6-2)16(19)14-11-12(3)8-9-15(14)17/h12-15H,5-11,17H2,1-4H3. The van der Waals surface area contributed by atoms with Crippen molar-refractivity contribution >= 4 is 5.91 Å². The van der Waals surface area contributed by atoms with Crippen LogP contribution in [0.3, 0.4) is 0 Å². The Morgan fingerprint density at radius 3 is 2.63 bits per heavy atom. The predicted molar refractivity (Wildman–Crippen MR) is 80.9 cm³/mol. The van der Waals surface area contributed by atoms with Crippen molar-refractivity contribution in [1.29, 1.82) is 0 Å². The van der Waals surface area contributed by atoms with Crippen LogP contribution in [-0.2, 0) is 4.79 Å². The molecule has 1 aliphatic carbocycles. The molecule has 0 spiro atoms. The highest BCUT2D eigenvalue weighted by Gasteiger charge is 2.35. The third kappa shape index (κ3) is 4.48. The van der Waals surface area contributed by atoms with Gasteiger partial charge in [0.1, 0.15) is 0 Å². The number of nitrogens with two attached hydrogens (primary N) is 1. The summed E-state index contributed by atoms with van der Waals surface area (Å²) in [6.07, 6.45) is 6.38.